The summed E-state index contributed by atoms with van der Waals surface area (Å²) in [4.78, 5) is 0. The van der Waals surface area contributed by atoms with Crippen LogP contribution in [0, 0.1) is 0 Å². The molecular weight excluding hydrogens is 272 g/mol. The van der Waals surface area contributed by atoms with Crippen molar-refractivity contribution in [3.05, 3.63) is 41.5 Å². The molecule has 1 fully saturated rings. The SMILES string of the molecule is CCCCC/C(=C\c1ccccc1)[C@@H]1O[C@H](C)CC(C)(C)O1. The summed E-state index contributed by atoms with van der Waals surface area (Å²) in [6.45, 7) is 8.69. The quantitative estimate of drug-likeness (QED) is 0.639. The van der Waals surface area contributed by atoms with Crippen molar-refractivity contribution in [2.75, 3.05) is 0 Å². The number of benzene rings is 1. The van der Waals surface area contributed by atoms with Crippen LogP contribution in [0.4, 0.5) is 0 Å². The van der Waals surface area contributed by atoms with Gasteiger partial charge < -0.3 is 9.47 Å². The van der Waals surface area contributed by atoms with Crippen molar-refractivity contribution in [2.45, 2.75) is 77.8 Å². The van der Waals surface area contributed by atoms with Crippen LogP contribution in [0.5, 0.6) is 0 Å². The Labute approximate surface area is 135 Å². The average molecular weight is 302 g/mol. The van der Waals surface area contributed by atoms with Crippen molar-refractivity contribution in [2.24, 2.45) is 0 Å². The minimum absolute atomic E-state index is 0.122. The van der Waals surface area contributed by atoms with Crippen LogP contribution in [0.3, 0.4) is 0 Å². The smallest absolute Gasteiger partial charge is 0.181 e. The van der Waals surface area contributed by atoms with Crippen molar-refractivity contribution >= 4 is 6.08 Å². The van der Waals surface area contributed by atoms with E-state index in [9.17, 15) is 0 Å². The van der Waals surface area contributed by atoms with E-state index < -0.39 is 0 Å². The van der Waals surface area contributed by atoms with Crippen LogP contribution in [-0.2, 0) is 9.47 Å². The fourth-order valence-corrected chi connectivity index (χ4v) is 3.08. The Kier molecular flexibility index (Phi) is 6.22. The molecule has 0 bridgehead atoms. The number of rotatable bonds is 6. The molecule has 1 aromatic carbocycles. The Hall–Kier alpha value is -1.12. The first-order chi connectivity index (χ1) is 10.5. The van der Waals surface area contributed by atoms with Crippen molar-refractivity contribution in [3.8, 4) is 0 Å². The van der Waals surface area contributed by atoms with Gasteiger partial charge in [-0.2, -0.15) is 0 Å². The van der Waals surface area contributed by atoms with E-state index in [1.54, 1.807) is 0 Å². The molecule has 0 aromatic heterocycles. The highest BCUT2D eigenvalue weighted by Crippen LogP contribution is 2.32. The molecule has 1 saturated heterocycles. The van der Waals surface area contributed by atoms with E-state index in [0.717, 1.165) is 12.8 Å². The molecule has 0 radical (unpaired) electrons. The molecule has 2 heteroatoms. The molecule has 0 spiro atoms. The Morgan fingerprint density at radius 1 is 1.23 bits per heavy atom. The molecule has 22 heavy (non-hydrogen) atoms. The third-order valence-electron chi connectivity index (χ3n) is 4.08. The lowest BCUT2D eigenvalue weighted by atomic mass is 9.97. The van der Waals surface area contributed by atoms with Crippen molar-refractivity contribution in [1.29, 1.82) is 0 Å². The zero-order chi connectivity index (χ0) is 16.0. The second-order valence-electron chi connectivity index (χ2n) is 6.95. The topological polar surface area (TPSA) is 18.5 Å². The van der Waals surface area contributed by atoms with Gasteiger partial charge in [-0.15, -0.1) is 0 Å². The van der Waals surface area contributed by atoms with Gasteiger partial charge in [-0.3, -0.25) is 0 Å². The molecule has 2 atom stereocenters. The van der Waals surface area contributed by atoms with Crippen molar-refractivity contribution in [3.63, 3.8) is 0 Å². The maximum atomic E-state index is 6.22. The van der Waals surface area contributed by atoms with Gasteiger partial charge in [-0.1, -0.05) is 56.2 Å². The van der Waals surface area contributed by atoms with Gasteiger partial charge in [-0.05, 0) is 44.7 Å². The Morgan fingerprint density at radius 3 is 2.59 bits per heavy atom. The van der Waals surface area contributed by atoms with Crippen LogP contribution >= 0.6 is 0 Å². The molecule has 1 aliphatic heterocycles. The Bertz CT molecular complexity index is 476. The number of hydrogen-bond donors (Lipinski definition) is 0. The normalized spacial score (nSPS) is 25.2. The van der Waals surface area contributed by atoms with E-state index in [4.69, 9.17) is 9.47 Å². The summed E-state index contributed by atoms with van der Waals surface area (Å²) in [6.07, 6.45) is 7.91. The molecule has 0 amide bonds. The standard InChI is InChI=1S/C20H30O2/c1-5-6-8-13-18(14-17-11-9-7-10-12-17)19-21-16(2)15-20(3,4)22-19/h7,9-12,14,16,19H,5-6,8,13,15H2,1-4H3/b18-14+/t16-,19-/m1/s1. The first kappa shape index (κ1) is 17.2. The van der Waals surface area contributed by atoms with Gasteiger partial charge in [0.05, 0.1) is 11.7 Å². The molecule has 122 valence electrons. The minimum atomic E-state index is -0.212. The minimum Gasteiger partial charge on any atom is -0.346 e. The van der Waals surface area contributed by atoms with Crippen LogP contribution in [0.2, 0.25) is 0 Å². The average Bonchev–Trinajstić information content (AvgIpc) is 2.45. The molecule has 1 heterocycles. The van der Waals surface area contributed by atoms with Gasteiger partial charge in [0.2, 0.25) is 0 Å². The number of hydrogen-bond acceptors (Lipinski definition) is 2. The zero-order valence-electron chi connectivity index (χ0n) is 14.5. The lowest BCUT2D eigenvalue weighted by molar-refractivity contribution is -0.252. The lowest BCUT2D eigenvalue weighted by Crippen LogP contribution is -2.43. The van der Waals surface area contributed by atoms with Crippen molar-refractivity contribution < 1.29 is 9.47 Å². The molecule has 0 unspecified atom stereocenters. The van der Waals surface area contributed by atoms with Crippen LogP contribution in [-0.4, -0.2) is 18.0 Å². The molecule has 0 saturated carbocycles. The van der Waals surface area contributed by atoms with Gasteiger partial charge in [0.25, 0.3) is 0 Å². The summed E-state index contributed by atoms with van der Waals surface area (Å²) >= 11 is 0. The predicted molar refractivity (Wildman–Crippen MR) is 92.7 cm³/mol. The summed E-state index contributed by atoms with van der Waals surface area (Å²) in [6, 6.07) is 10.5. The summed E-state index contributed by atoms with van der Waals surface area (Å²) in [5, 5.41) is 0. The van der Waals surface area contributed by atoms with E-state index in [1.807, 2.05) is 6.07 Å². The summed E-state index contributed by atoms with van der Waals surface area (Å²) in [7, 11) is 0. The van der Waals surface area contributed by atoms with Gasteiger partial charge in [0.1, 0.15) is 0 Å². The van der Waals surface area contributed by atoms with E-state index in [1.165, 1.54) is 30.4 Å². The number of unbranched alkanes of at least 4 members (excludes halogenated alkanes) is 2. The van der Waals surface area contributed by atoms with E-state index >= 15 is 0 Å². The summed E-state index contributed by atoms with van der Waals surface area (Å²) < 4.78 is 12.3. The Morgan fingerprint density at radius 2 is 1.95 bits per heavy atom. The molecule has 1 aliphatic rings. The molecule has 0 aliphatic carbocycles. The van der Waals surface area contributed by atoms with Crippen LogP contribution in [0.25, 0.3) is 6.08 Å². The second kappa shape index (κ2) is 7.94. The Balaban J connectivity index is 2.18. The van der Waals surface area contributed by atoms with E-state index in [2.05, 4.69) is 58.0 Å². The van der Waals surface area contributed by atoms with Gasteiger partial charge in [-0.25, -0.2) is 0 Å². The first-order valence-corrected chi connectivity index (χ1v) is 8.59. The molecule has 2 rings (SSSR count). The third-order valence-corrected chi connectivity index (χ3v) is 4.08. The largest absolute Gasteiger partial charge is 0.346 e. The van der Waals surface area contributed by atoms with Crippen LogP contribution in [0.1, 0.15) is 65.4 Å². The molecule has 0 N–H and O–H groups in total. The van der Waals surface area contributed by atoms with Gasteiger partial charge in [0, 0.05) is 6.42 Å². The highest BCUT2D eigenvalue weighted by Gasteiger charge is 2.34. The number of ether oxygens (including phenoxy) is 2. The second-order valence-corrected chi connectivity index (χ2v) is 6.95. The maximum Gasteiger partial charge on any atom is 0.181 e. The molecular formula is C20H30O2. The highest BCUT2D eigenvalue weighted by atomic mass is 16.7. The maximum absolute atomic E-state index is 6.22. The van der Waals surface area contributed by atoms with Gasteiger partial charge >= 0.3 is 0 Å². The zero-order valence-corrected chi connectivity index (χ0v) is 14.5. The lowest BCUT2D eigenvalue weighted by Gasteiger charge is -2.40. The van der Waals surface area contributed by atoms with Crippen molar-refractivity contribution in [1.82, 2.24) is 0 Å². The summed E-state index contributed by atoms with van der Waals surface area (Å²) in [5.41, 5.74) is 2.36. The molecule has 2 nitrogen and oxygen atoms in total. The van der Waals surface area contributed by atoms with E-state index in [0.29, 0.717) is 0 Å². The molecule has 1 aromatic rings. The van der Waals surface area contributed by atoms with Crippen LogP contribution in [0.15, 0.2) is 35.9 Å². The van der Waals surface area contributed by atoms with Crippen LogP contribution < -0.4 is 0 Å². The van der Waals surface area contributed by atoms with E-state index in [-0.39, 0.29) is 18.0 Å². The monoisotopic (exact) mass is 302 g/mol. The summed E-state index contributed by atoms with van der Waals surface area (Å²) in [5.74, 6) is 0. The first-order valence-electron chi connectivity index (χ1n) is 8.59. The third kappa shape index (κ3) is 5.26. The van der Waals surface area contributed by atoms with Gasteiger partial charge in [0.15, 0.2) is 6.29 Å². The fraction of sp³-hybridized carbons (Fsp3) is 0.600. The fourth-order valence-electron chi connectivity index (χ4n) is 3.08. The highest BCUT2D eigenvalue weighted by molar-refractivity contribution is 5.53. The predicted octanol–water partition coefficient (Wildman–Crippen LogP) is 5.58.